The molecule has 0 radical (unpaired) electrons. The van der Waals surface area contributed by atoms with E-state index in [0.29, 0.717) is 6.54 Å². The Morgan fingerprint density at radius 2 is 1.96 bits per heavy atom. The van der Waals surface area contributed by atoms with Gasteiger partial charge in [0, 0.05) is 44.9 Å². The molecule has 0 aliphatic carbocycles. The Hall–Kier alpha value is -1.70. The highest BCUT2D eigenvalue weighted by molar-refractivity contribution is 6.33. The van der Waals surface area contributed by atoms with Crippen molar-refractivity contribution >= 4 is 23.2 Å². The number of rotatable bonds is 7. The number of halogens is 1. The molecule has 1 aliphatic rings. The van der Waals surface area contributed by atoms with Gasteiger partial charge >= 0.3 is 0 Å². The summed E-state index contributed by atoms with van der Waals surface area (Å²) in [6.07, 6.45) is 0.838. The summed E-state index contributed by atoms with van der Waals surface area (Å²) in [5, 5.41) is 13.8. The predicted octanol–water partition coefficient (Wildman–Crippen LogP) is 2.01. The summed E-state index contributed by atoms with van der Waals surface area (Å²) in [4.78, 5) is 27.2. The molecule has 1 N–H and O–H groups in total. The first kappa shape index (κ1) is 18.6. The first-order valence-electron chi connectivity index (χ1n) is 8.18. The standard InChI is InChI=1S/C16H23ClN4O3/c1-2-19-8-10-20(11-9-19)7-3-6-18-16(22)14-12-13(21(23)24)4-5-15(14)17/h4-5,12H,2-3,6-11H2,1H3,(H,18,22). The summed E-state index contributed by atoms with van der Waals surface area (Å²) in [6, 6.07) is 3.87. The third-order valence-electron chi connectivity index (χ3n) is 4.25. The SMILES string of the molecule is CCN1CCN(CCCNC(=O)c2cc([N+](=O)[O-])ccc2Cl)CC1. The van der Waals surface area contributed by atoms with Crippen molar-refractivity contribution in [3.8, 4) is 0 Å². The van der Waals surface area contributed by atoms with Crippen LogP contribution in [0.5, 0.6) is 0 Å². The summed E-state index contributed by atoms with van der Waals surface area (Å²) in [6.45, 7) is 9.00. The molecule has 0 bridgehead atoms. The Morgan fingerprint density at radius 3 is 2.58 bits per heavy atom. The number of amides is 1. The first-order valence-corrected chi connectivity index (χ1v) is 8.56. The lowest BCUT2D eigenvalue weighted by Gasteiger charge is -2.33. The van der Waals surface area contributed by atoms with Crippen molar-refractivity contribution in [1.29, 1.82) is 0 Å². The van der Waals surface area contributed by atoms with E-state index >= 15 is 0 Å². The molecule has 24 heavy (non-hydrogen) atoms. The summed E-state index contributed by atoms with van der Waals surface area (Å²) in [5.41, 5.74) is 0.000715. The van der Waals surface area contributed by atoms with Gasteiger partial charge < -0.3 is 15.1 Å². The number of likely N-dealkylation sites (N-methyl/N-ethyl adjacent to an activating group) is 1. The van der Waals surface area contributed by atoms with Gasteiger partial charge in [-0.25, -0.2) is 0 Å². The van der Waals surface area contributed by atoms with Crippen LogP contribution in [0.1, 0.15) is 23.7 Å². The van der Waals surface area contributed by atoms with E-state index in [9.17, 15) is 14.9 Å². The molecule has 1 fully saturated rings. The quantitative estimate of drug-likeness (QED) is 0.460. The van der Waals surface area contributed by atoms with E-state index in [1.54, 1.807) is 0 Å². The summed E-state index contributed by atoms with van der Waals surface area (Å²) < 4.78 is 0. The van der Waals surface area contributed by atoms with E-state index in [2.05, 4.69) is 22.0 Å². The maximum Gasteiger partial charge on any atom is 0.270 e. The monoisotopic (exact) mass is 354 g/mol. The number of non-ortho nitro benzene ring substituents is 1. The minimum atomic E-state index is -0.539. The maximum absolute atomic E-state index is 12.1. The average molecular weight is 355 g/mol. The number of hydrogen-bond donors (Lipinski definition) is 1. The second-order valence-corrected chi connectivity index (χ2v) is 6.21. The lowest BCUT2D eigenvalue weighted by molar-refractivity contribution is -0.384. The largest absolute Gasteiger partial charge is 0.352 e. The fraction of sp³-hybridized carbons (Fsp3) is 0.562. The zero-order valence-corrected chi connectivity index (χ0v) is 14.6. The van der Waals surface area contributed by atoms with Crippen LogP contribution in [0.2, 0.25) is 5.02 Å². The molecule has 132 valence electrons. The van der Waals surface area contributed by atoms with Crippen molar-refractivity contribution in [1.82, 2.24) is 15.1 Å². The van der Waals surface area contributed by atoms with Crippen molar-refractivity contribution in [3.05, 3.63) is 38.9 Å². The summed E-state index contributed by atoms with van der Waals surface area (Å²) >= 11 is 5.96. The number of nitrogens with zero attached hydrogens (tertiary/aromatic N) is 3. The van der Waals surface area contributed by atoms with Crippen LogP contribution in [0.3, 0.4) is 0 Å². The second-order valence-electron chi connectivity index (χ2n) is 5.81. The maximum atomic E-state index is 12.1. The number of nitrogens with one attached hydrogen (secondary N) is 1. The molecule has 2 rings (SSSR count). The summed E-state index contributed by atoms with van der Waals surface area (Å²) in [7, 11) is 0. The number of nitro groups is 1. The highest BCUT2D eigenvalue weighted by Gasteiger charge is 2.17. The van der Waals surface area contributed by atoms with Crippen molar-refractivity contribution in [2.45, 2.75) is 13.3 Å². The molecule has 1 aromatic carbocycles. The molecule has 0 saturated carbocycles. The van der Waals surface area contributed by atoms with E-state index < -0.39 is 4.92 Å². The van der Waals surface area contributed by atoms with Gasteiger partial charge in [-0.05, 0) is 25.6 Å². The Kier molecular flexibility index (Phi) is 6.96. The van der Waals surface area contributed by atoms with E-state index in [4.69, 9.17) is 11.6 Å². The van der Waals surface area contributed by atoms with E-state index in [1.165, 1.54) is 18.2 Å². The number of carbonyl (C=O) groups is 1. The highest BCUT2D eigenvalue weighted by Crippen LogP contribution is 2.21. The van der Waals surface area contributed by atoms with Gasteiger partial charge in [0.15, 0.2) is 0 Å². The molecular formula is C16H23ClN4O3. The Balaban J connectivity index is 1.76. The number of nitro benzene ring substituents is 1. The second kappa shape index (κ2) is 8.96. The minimum absolute atomic E-state index is 0.140. The average Bonchev–Trinajstić information content (AvgIpc) is 2.59. The van der Waals surface area contributed by atoms with Crippen LogP contribution in [0.25, 0.3) is 0 Å². The zero-order chi connectivity index (χ0) is 17.5. The fourth-order valence-corrected chi connectivity index (χ4v) is 2.93. The zero-order valence-electron chi connectivity index (χ0n) is 13.8. The Morgan fingerprint density at radius 1 is 1.29 bits per heavy atom. The number of piperazine rings is 1. The van der Waals surface area contributed by atoms with Gasteiger partial charge in [0.1, 0.15) is 0 Å². The molecule has 1 aromatic rings. The van der Waals surface area contributed by atoms with Crippen LogP contribution in [-0.2, 0) is 0 Å². The molecule has 1 heterocycles. The van der Waals surface area contributed by atoms with Gasteiger partial charge in [-0.15, -0.1) is 0 Å². The normalized spacial score (nSPS) is 16.1. The lowest BCUT2D eigenvalue weighted by Crippen LogP contribution is -2.46. The smallest absolute Gasteiger partial charge is 0.270 e. The van der Waals surface area contributed by atoms with Crippen LogP contribution in [0, 0.1) is 10.1 Å². The van der Waals surface area contributed by atoms with Crippen LogP contribution in [0.15, 0.2) is 18.2 Å². The molecular weight excluding hydrogens is 332 g/mol. The minimum Gasteiger partial charge on any atom is -0.352 e. The van der Waals surface area contributed by atoms with Crippen LogP contribution >= 0.6 is 11.6 Å². The van der Waals surface area contributed by atoms with Gasteiger partial charge in [-0.1, -0.05) is 18.5 Å². The van der Waals surface area contributed by atoms with Crippen LogP contribution in [-0.4, -0.2) is 66.4 Å². The van der Waals surface area contributed by atoms with Crippen molar-refractivity contribution < 1.29 is 9.72 Å². The van der Waals surface area contributed by atoms with Gasteiger partial charge in [0.2, 0.25) is 0 Å². The molecule has 1 aliphatic heterocycles. The van der Waals surface area contributed by atoms with E-state index in [1.807, 2.05) is 0 Å². The van der Waals surface area contributed by atoms with Crippen molar-refractivity contribution in [3.63, 3.8) is 0 Å². The van der Waals surface area contributed by atoms with Gasteiger partial charge in [0.25, 0.3) is 11.6 Å². The topological polar surface area (TPSA) is 78.7 Å². The van der Waals surface area contributed by atoms with E-state index in [-0.39, 0.29) is 22.2 Å². The molecule has 0 unspecified atom stereocenters. The van der Waals surface area contributed by atoms with Crippen LogP contribution < -0.4 is 5.32 Å². The number of benzene rings is 1. The highest BCUT2D eigenvalue weighted by atomic mass is 35.5. The molecule has 1 saturated heterocycles. The lowest BCUT2D eigenvalue weighted by atomic mass is 10.2. The first-order chi connectivity index (χ1) is 11.5. The number of hydrogen-bond acceptors (Lipinski definition) is 5. The van der Waals surface area contributed by atoms with Crippen molar-refractivity contribution in [2.75, 3.05) is 45.8 Å². The molecule has 7 nitrogen and oxygen atoms in total. The molecule has 1 amide bonds. The third-order valence-corrected chi connectivity index (χ3v) is 4.58. The third kappa shape index (κ3) is 5.15. The Bertz CT molecular complexity index is 589. The molecule has 0 spiro atoms. The molecule has 0 atom stereocenters. The van der Waals surface area contributed by atoms with Crippen molar-refractivity contribution in [2.24, 2.45) is 0 Å². The van der Waals surface area contributed by atoms with Gasteiger partial charge in [-0.2, -0.15) is 0 Å². The van der Waals surface area contributed by atoms with E-state index in [0.717, 1.165) is 45.7 Å². The molecule has 8 heteroatoms. The van der Waals surface area contributed by atoms with Gasteiger partial charge in [0.05, 0.1) is 15.5 Å². The number of carbonyl (C=O) groups excluding carboxylic acids is 1. The molecule has 0 aromatic heterocycles. The predicted molar refractivity (Wildman–Crippen MR) is 93.6 cm³/mol. The summed E-state index contributed by atoms with van der Waals surface area (Å²) in [5.74, 6) is -0.375. The van der Waals surface area contributed by atoms with Crippen LogP contribution in [0.4, 0.5) is 5.69 Å². The van der Waals surface area contributed by atoms with Gasteiger partial charge in [-0.3, -0.25) is 14.9 Å². The fourth-order valence-electron chi connectivity index (χ4n) is 2.73. The Labute approximate surface area is 146 Å².